The zero-order valence-corrected chi connectivity index (χ0v) is 8.80. The maximum absolute atomic E-state index is 10.6. The van der Waals surface area contributed by atoms with Crippen LogP contribution in [0.25, 0.3) is 0 Å². The van der Waals surface area contributed by atoms with Gasteiger partial charge in [0, 0.05) is 19.4 Å². The smallest absolute Gasteiger partial charge is 0.278 e. The summed E-state index contributed by atoms with van der Waals surface area (Å²) in [6, 6.07) is 4.28. The van der Waals surface area contributed by atoms with Crippen LogP contribution in [0.4, 0.5) is 5.69 Å². The molecule has 1 rings (SSSR count). The second-order valence-electron chi connectivity index (χ2n) is 2.96. The van der Waals surface area contributed by atoms with E-state index in [1.165, 1.54) is 18.2 Å². The first-order valence-electron chi connectivity index (χ1n) is 4.59. The van der Waals surface area contributed by atoms with Gasteiger partial charge in [-0.1, -0.05) is 0 Å². The van der Waals surface area contributed by atoms with Crippen molar-refractivity contribution in [1.82, 2.24) is 0 Å². The Balaban J connectivity index is 2.82. The Morgan fingerprint density at radius 1 is 1.50 bits per heavy atom. The lowest BCUT2D eigenvalue weighted by Gasteiger charge is -2.06. The number of nitrogens with zero attached hydrogens (tertiary/aromatic N) is 1. The first kappa shape index (κ1) is 12.1. The van der Waals surface area contributed by atoms with Crippen molar-refractivity contribution in [3.63, 3.8) is 0 Å². The zero-order valence-electron chi connectivity index (χ0n) is 8.80. The van der Waals surface area contributed by atoms with Crippen molar-refractivity contribution in [2.45, 2.75) is 0 Å². The molecule has 0 unspecified atom stereocenters. The second kappa shape index (κ2) is 5.82. The summed E-state index contributed by atoms with van der Waals surface area (Å²) in [6.45, 7) is 0.808. The quantitative estimate of drug-likeness (QED) is 0.344. The van der Waals surface area contributed by atoms with E-state index in [9.17, 15) is 10.1 Å². The minimum Gasteiger partial charge on any atom is -0.491 e. The van der Waals surface area contributed by atoms with Crippen LogP contribution in [0.2, 0.25) is 0 Å². The highest BCUT2D eigenvalue weighted by molar-refractivity contribution is 5.83. The van der Waals surface area contributed by atoms with Crippen LogP contribution in [0, 0.1) is 15.5 Å². The van der Waals surface area contributed by atoms with Gasteiger partial charge in [-0.25, -0.2) is 0 Å². The fraction of sp³-hybridized carbons (Fsp3) is 0.300. The Bertz CT molecular complexity index is 392. The maximum Gasteiger partial charge on any atom is 0.278 e. The molecule has 0 aliphatic heterocycles. The maximum atomic E-state index is 10.6. The molecule has 0 aromatic heterocycles. The van der Waals surface area contributed by atoms with E-state index < -0.39 is 4.92 Å². The third kappa shape index (κ3) is 3.03. The van der Waals surface area contributed by atoms with Crippen molar-refractivity contribution in [3.8, 4) is 5.75 Å². The number of ether oxygens (including phenoxy) is 2. The molecule has 1 N–H and O–H groups in total. The second-order valence-corrected chi connectivity index (χ2v) is 2.96. The van der Waals surface area contributed by atoms with Crippen molar-refractivity contribution in [3.05, 3.63) is 33.9 Å². The molecule has 0 heterocycles. The summed E-state index contributed by atoms with van der Waals surface area (Å²) < 4.78 is 10.1. The van der Waals surface area contributed by atoms with Gasteiger partial charge in [-0.15, -0.1) is 0 Å². The number of benzene rings is 1. The highest BCUT2D eigenvalue weighted by atomic mass is 16.6. The molecule has 0 spiro atoms. The summed E-state index contributed by atoms with van der Waals surface area (Å²) in [5.74, 6) is 0.487. The molecule has 0 aliphatic rings. The molecule has 86 valence electrons. The SMILES string of the molecule is COCCOc1ccc([N+](=O)[O-])c(C=N)c1. The number of nitro groups is 1. The van der Waals surface area contributed by atoms with Crippen molar-refractivity contribution < 1.29 is 14.4 Å². The van der Waals surface area contributed by atoms with Gasteiger partial charge in [0.15, 0.2) is 0 Å². The van der Waals surface area contributed by atoms with Gasteiger partial charge in [-0.05, 0) is 12.1 Å². The summed E-state index contributed by atoms with van der Waals surface area (Å²) in [6.07, 6.45) is 0.932. The summed E-state index contributed by atoms with van der Waals surface area (Å²) in [7, 11) is 1.56. The lowest BCUT2D eigenvalue weighted by atomic mass is 10.2. The van der Waals surface area contributed by atoms with E-state index >= 15 is 0 Å². The average molecular weight is 224 g/mol. The molecule has 16 heavy (non-hydrogen) atoms. The number of hydrogen-bond acceptors (Lipinski definition) is 5. The Kier molecular flexibility index (Phi) is 4.41. The molecule has 0 amide bonds. The fourth-order valence-electron chi connectivity index (χ4n) is 1.15. The highest BCUT2D eigenvalue weighted by Crippen LogP contribution is 2.22. The Morgan fingerprint density at radius 3 is 2.81 bits per heavy atom. The van der Waals surface area contributed by atoms with Crippen LogP contribution >= 0.6 is 0 Å². The fourth-order valence-corrected chi connectivity index (χ4v) is 1.15. The van der Waals surface area contributed by atoms with Gasteiger partial charge >= 0.3 is 0 Å². The predicted octanol–water partition coefficient (Wildman–Crippen LogP) is 1.62. The van der Waals surface area contributed by atoms with Gasteiger partial charge in [-0.2, -0.15) is 0 Å². The van der Waals surface area contributed by atoms with Gasteiger partial charge in [-0.3, -0.25) is 10.1 Å². The first-order valence-corrected chi connectivity index (χ1v) is 4.59. The Hall–Kier alpha value is -1.95. The van der Waals surface area contributed by atoms with Crippen molar-refractivity contribution >= 4 is 11.9 Å². The summed E-state index contributed by atoms with van der Waals surface area (Å²) in [5, 5.41) is 17.7. The van der Waals surface area contributed by atoms with Gasteiger partial charge < -0.3 is 14.9 Å². The topological polar surface area (TPSA) is 85.4 Å². The van der Waals surface area contributed by atoms with E-state index in [4.69, 9.17) is 14.9 Å². The van der Waals surface area contributed by atoms with Crippen molar-refractivity contribution in [1.29, 1.82) is 5.41 Å². The van der Waals surface area contributed by atoms with Gasteiger partial charge in [0.05, 0.1) is 17.1 Å². The third-order valence-corrected chi connectivity index (χ3v) is 1.91. The lowest BCUT2D eigenvalue weighted by molar-refractivity contribution is -0.385. The predicted molar refractivity (Wildman–Crippen MR) is 58.4 cm³/mol. The number of methoxy groups -OCH3 is 1. The van der Waals surface area contributed by atoms with E-state index in [-0.39, 0.29) is 11.3 Å². The van der Waals surface area contributed by atoms with E-state index in [1.807, 2.05) is 0 Å². The minimum atomic E-state index is -0.528. The van der Waals surface area contributed by atoms with E-state index in [0.717, 1.165) is 6.21 Å². The number of nitro benzene ring substituents is 1. The van der Waals surface area contributed by atoms with E-state index in [0.29, 0.717) is 19.0 Å². The minimum absolute atomic E-state index is 0.103. The molecule has 0 aliphatic carbocycles. The summed E-state index contributed by atoms with van der Waals surface area (Å²) in [4.78, 5) is 10.1. The summed E-state index contributed by atoms with van der Waals surface area (Å²) >= 11 is 0. The molecule has 0 saturated heterocycles. The molecule has 0 bridgehead atoms. The van der Waals surface area contributed by atoms with Gasteiger partial charge in [0.1, 0.15) is 12.4 Å². The van der Waals surface area contributed by atoms with Crippen LogP contribution in [0.15, 0.2) is 18.2 Å². The molecule has 0 radical (unpaired) electrons. The van der Waals surface area contributed by atoms with Crippen LogP contribution in [-0.2, 0) is 4.74 Å². The van der Waals surface area contributed by atoms with E-state index in [1.54, 1.807) is 7.11 Å². The van der Waals surface area contributed by atoms with Crippen LogP contribution in [-0.4, -0.2) is 31.5 Å². The highest BCUT2D eigenvalue weighted by Gasteiger charge is 2.12. The monoisotopic (exact) mass is 224 g/mol. The zero-order chi connectivity index (χ0) is 12.0. The van der Waals surface area contributed by atoms with Crippen molar-refractivity contribution in [2.75, 3.05) is 20.3 Å². The molecule has 0 atom stereocenters. The average Bonchev–Trinajstić information content (AvgIpc) is 2.29. The van der Waals surface area contributed by atoms with Gasteiger partial charge in [0.25, 0.3) is 5.69 Å². The standard InChI is InChI=1S/C10H12N2O4/c1-15-4-5-16-9-2-3-10(12(13)14)8(6-9)7-11/h2-3,6-7,11H,4-5H2,1H3. The van der Waals surface area contributed by atoms with Gasteiger partial charge in [0.2, 0.25) is 0 Å². The molecule has 6 heteroatoms. The van der Waals surface area contributed by atoms with Crippen LogP contribution in [0.1, 0.15) is 5.56 Å². The molecule has 1 aromatic carbocycles. The Labute approximate surface area is 92.5 Å². The first-order chi connectivity index (χ1) is 7.69. The van der Waals surface area contributed by atoms with Crippen LogP contribution in [0.5, 0.6) is 5.75 Å². The van der Waals surface area contributed by atoms with Crippen LogP contribution in [0.3, 0.4) is 0 Å². The van der Waals surface area contributed by atoms with E-state index in [2.05, 4.69) is 0 Å². The number of hydrogen-bond donors (Lipinski definition) is 1. The molecule has 0 saturated carbocycles. The van der Waals surface area contributed by atoms with Crippen LogP contribution < -0.4 is 4.74 Å². The molecule has 1 aromatic rings. The molecule has 6 nitrogen and oxygen atoms in total. The number of rotatable bonds is 6. The normalized spacial score (nSPS) is 9.81. The molecule has 0 fully saturated rings. The lowest BCUT2D eigenvalue weighted by Crippen LogP contribution is -2.05. The Morgan fingerprint density at radius 2 is 2.25 bits per heavy atom. The molecular formula is C10H12N2O4. The number of nitrogens with one attached hydrogen (secondary N) is 1. The summed E-state index contributed by atoms with van der Waals surface area (Å²) in [5.41, 5.74) is 0.119. The molecular weight excluding hydrogens is 212 g/mol. The van der Waals surface area contributed by atoms with Crippen molar-refractivity contribution in [2.24, 2.45) is 0 Å². The third-order valence-electron chi connectivity index (χ3n) is 1.91. The largest absolute Gasteiger partial charge is 0.491 e.